The van der Waals surface area contributed by atoms with Gasteiger partial charge in [-0.25, -0.2) is 3.11 Å². The SMILES string of the molecule is O=C(c1ccc(-c2cncc[n+]2[O-])cc1)N1CCN(I)CC1. The molecule has 0 saturated carbocycles. The third-order valence-electron chi connectivity index (χ3n) is 3.66. The minimum Gasteiger partial charge on any atom is -0.618 e. The summed E-state index contributed by atoms with van der Waals surface area (Å²) in [6, 6.07) is 7.10. The molecule has 1 amide bonds. The van der Waals surface area contributed by atoms with Crippen LogP contribution in [0, 0.1) is 5.21 Å². The van der Waals surface area contributed by atoms with E-state index < -0.39 is 0 Å². The minimum atomic E-state index is 0.0391. The highest BCUT2D eigenvalue weighted by Crippen LogP contribution is 2.17. The molecule has 1 aliphatic heterocycles. The van der Waals surface area contributed by atoms with E-state index in [9.17, 15) is 10.0 Å². The third kappa shape index (κ3) is 3.20. The molecular formula is C15H15IN4O2. The van der Waals surface area contributed by atoms with E-state index in [1.165, 1.54) is 18.6 Å². The van der Waals surface area contributed by atoms with E-state index in [-0.39, 0.29) is 5.91 Å². The summed E-state index contributed by atoms with van der Waals surface area (Å²) in [6.07, 6.45) is 4.32. The molecule has 0 aliphatic carbocycles. The Morgan fingerprint density at radius 2 is 1.86 bits per heavy atom. The van der Waals surface area contributed by atoms with Crippen molar-refractivity contribution in [3.63, 3.8) is 0 Å². The molecule has 22 heavy (non-hydrogen) atoms. The summed E-state index contributed by atoms with van der Waals surface area (Å²) in [6.45, 7) is 3.26. The van der Waals surface area contributed by atoms with E-state index >= 15 is 0 Å². The molecule has 1 aromatic carbocycles. The van der Waals surface area contributed by atoms with Gasteiger partial charge in [0.05, 0.1) is 6.20 Å². The summed E-state index contributed by atoms with van der Waals surface area (Å²) in [5.74, 6) is 0.0391. The van der Waals surface area contributed by atoms with Crippen LogP contribution in [0.15, 0.2) is 42.9 Å². The van der Waals surface area contributed by atoms with Gasteiger partial charge in [0.1, 0.15) is 6.20 Å². The maximum absolute atomic E-state index is 12.4. The fraction of sp³-hybridized carbons (Fsp3) is 0.267. The second-order valence-corrected chi connectivity index (χ2v) is 6.43. The van der Waals surface area contributed by atoms with Gasteiger partial charge in [0, 0.05) is 60.2 Å². The molecule has 1 aliphatic rings. The number of amides is 1. The predicted octanol–water partition coefficient (Wildman–Crippen LogP) is 1.49. The van der Waals surface area contributed by atoms with Crippen LogP contribution in [0.25, 0.3) is 11.3 Å². The second-order valence-electron chi connectivity index (χ2n) is 5.07. The van der Waals surface area contributed by atoms with Crippen molar-refractivity contribution in [2.75, 3.05) is 26.2 Å². The summed E-state index contributed by atoms with van der Waals surface area (Å²) in [5.41, 5.74) is 1.86. The molecule has 0 bridgehead atoms. The summed E-state index contributed by atoms with van der Waals surface area (Å²) in [7, 11) is 0. The number of nitrogens with zero attached hydrogens (tertiary/aromatic N) is 4. The van der Waals surface area contributed by atoms with Gasteiger partial charge in [-0.3, -0.25) is 9.78 Å². The quantitative estimate of drug-likeness (QED) is 0.326. The lowest BCUT2D eigenvalue weighted by Crippen LogP contribution is -2.45. The van der Waals surface area contributed by atoms with Crippen molar-refractivity contribution >= 4 is 28.8 Å². The highest BCUT2D eigenvalue weighted by molar-refractivity contribution is 14.1. The molecule has 114 valence electrons. The molecular weight excluding hydrogens is 395 g/mol. The zero-order valence-electron chi connectivity index (χ0n) is 11.9. The highest BCUT2D eigenvalue weighted by Gasteiger charge is 2.21. The fourth-order valence-electron chi connectivity index (χ4n) is 2.40. The summed E-state index contributed by atoms with van der Waals surface area (Å²) >= 11 is 2.28. The summed E-state index contributed by atoms with van der Waals surface area (Å²) in [5, 5.41) is 11.7. The molecule has 7 heteroatoms. The largest absolute Gasteiger partial charge is 0.618 e. The lowest BCUT2D eigenvalue weighted by molar-refractivity contribution is -0.594. The van der Waals surface area contributed by atoms with E-state index in [1.54, 1.807) is 24.3 Å². The first-order valence-electron chi connectivity index (χ1n) is 6.99. The zero-order valence-corrected chi connectivity index (χ0v) is 14.0. The molecule has 2 heterocycles. The Labute approximate surface area is 142 Å². The molecule has 0 atom stereocenters. The van der Waals surface area contributed by atoms with Crippen LogP contribution in [0.2, 0.25) is 0 Å². The lowest BCUT2D eigenvalue weighted by atomic mass is 10.1. The first kappa shape index (κ1) is 15.2. The van der Waals surface area contributed by atoms with Crippen LogP contribution in [0.5, 0.6) is 0 Å². The molecule has 0 spiro atoms. The van der Waals surface area contributed by atoms with Gasteiger partial charge in [0.15, 0.2) is 6.20 Å². The van der Waals surface area contributed by atoms with Gasteiger partial charge >= 0.3 is 0 Å². The fourth-order valence-corrected chi connectivity index (χ4v) is 2.83. The second kappa shape index (κ2) is 6.57. The monoisotopic (exact) mass is 410 g/mol. The standard InChI is InChI=1S/C15H15IN4O2/c16-19-9-7-18(8-10-19)15(21)13-3-1-12(2-4-13)14-11-17-5-6-20(14)22/h1-6,11H,7-10H2. The summed E-state index contributed by atoms with van der Waals surface area (Å²) < 4.78 is 2.95. The lowest BCUT2D eigenvalue weighted by Gasteiger charge is -2.31. The Morgan fingerprint density at radius 3 is 2.50 bits per heavy atom. The van der Waals surface area contributed by atoms with E-state index in [0.29, 0.717) is 11.3 Å². The minimum absolute atomic E-state index is 0.0391. The maximum Gasteiger partial charge on any atom is 0.253 e. The number of hydrogen-bond acceptors (Lipinski definition) is 4. The van der Waals surface area contributed by atoms with Crippen molar-refractivity contribution in [3.05, 3.63) is 53.6 Å². The molecule has 1 aromatic heterocycles. The van der Waals surface area contributed by atoms with E-state index in [0.717, 1.165) is 36.5 Å². The Hall–Kier alpha value is -1.74. The molecule has 3 rings (SSSR count). The topological polar surface area (TPSA) is 63.4 Å². The average molecular weight is 410 g/mol. The number of carbonyl (C=O) groups is 1. The number of rotatable bonds is 2. The van der Waals surface area contributed by atoms with E-state index in [4.69, 9.17) is 0 Å². The van der Waals surface area contributed by atoms with Crippen LogP contribution in [-0.2, 0) is 0 Å². The van der Waals surface area contributed by atoms with Gasteiger partial charge in [0.2, 0.25) is 5.69 Å². The first-order valence-corrected chi connectivity index (χ1v) is 7.95. The third-order valence-corrected chi connectivity index (χ3v) is 4.63. The molecule has 2 aromatic rings. The number of halogens is 1. The van der Waals surface area contributed by atoms with Crippen molar-refractivity contribution in [1.29, 1.82) is 0 Å². The van der Waals surface area contributed by atoms with Gasteiger partial charge in [-0.15, -0.1) is 0 Å². The van der Waals surface area contributed by atoms with Crippen molar-refractivity contribution < 1.29 is 9.52 Å². The van der Waals surface area contributed by atoms with E-state index in [1.807, 2.05) is 4.90 Å². The van der Waals surface area contributed by atoms with Gasteiger partial charge in [-0.2, -0.15) is 4.73 Å². The normalized spacial score (nSPS) is 15.8. The van der Waals surface area contributed by atoms with Gasteiger partial charge in [-0.05, 0) is 24.3 Å². The zero-order chi connectivity index (χ0) is 15.5. The Bertz CT molecular complexity index is 669. The van der Waals surface area contributed by atoms with Gasteiger partial charge < -0.3 is 10.1 Å². The van der Waals surface area contributed by atoms with E-state index in [2.05, 4.69) is 31.0 Å². The Kier molecular flexibility index (Phi) is 4.53. The maximum atomic E-state index is 12.4. The highest BCUT2D eigenvalue weighted by atomic mass is 127. The van der Waals surface area contributed by atoms with Crippen molar-refractivity contribution in [2.45, 2.75) is 0 Å². The van der Waals surface area contributed by atoms with Gasteiger partial charge in [0.25, 0.3) is 5.91 Å². The molecule has 0 N–H and O–H groups in total. The first-order chi connectivity index (χ1) is 10.6. The molecule has 6 nitrogen and oxygen atoms in total. The smallest absolute Gasteiger partial charge is 0.253 e. The average Bonchev–Trinajstić information content (AvgIpc) is 2.56. The van der Waals surface area contributed by atoms with Crippen LogP contribution >= 0.6 is 22.9 Å². The van der Waals surface area contributed by atoms with Gasteiger partial charge in [-0.1, -0.05) is 0 Å². The number of hydrogen-bond donors (Lipinski definition) is 0. The Morgan fingerprint density at radius 1 is 1.18 bits per heavy atom. The van der Waals surface area contributed by atoms with Crippen LogP contribution in [0.3, 0.4) is 0 Å². The number of piperazine rings is 1. The van der Waals surface area contributed by atoms with Crippen LogP contribution in [0.1, 0.15) is 10.4 Å². The summed E-state index contributed by atoms with van der Waals surface area (Å²) in [4.78, 5) is 18.3. The van der Waals surface area contributed by atoms with Crippen molar-refractivity contribution in [1.82, 2.24) is 13.0 Å². The van der Waals surface area contributed by atoms with Crippen LogP contribution in [-0.4, -0.2) is 45.1 Å². The Balaban J connectivity index is 1.77. The van der Waals surface area contributed by atoms with Crippen LogP contribution < -0.4 is 4.73 Å². The molecule has 1 saturated heterocycles. The van der Waals surface area contributed by atoms with Crippen LogP contribution in [0.4, 0.5) is 0 Å². The molecule has 0 unspecified atom stereocenters. The number of carbonyl (C=O) groups excluding carboxylic acids is 1. The molecule has 0 radical (unpaired) electrons. The number of benzene rings is 1. The number of aromatic nitrogens is 2. The van der Waals surface area contributed by atoms with Crippen molar-refractivity contribution in [3.8, 4) is 11.3 Å². The predicted molar refractivity (Wildman–Crippen MR) is 90.1 cm³/mol. The van der Waals surface area contributed by atoms with Crippen molar-refractivity contribution in [2.24, 2.45) is 0 Å². The molecule has 1 fully saturated rings.